The van der Waals surface area contributed by atoms with Crippen molar-refractivity contribution in [2.24, 2.45) is 0 Å². The third kappa shape index (κ3) is 4.82. The summed E-state index contributed by atoms with van der Waals surface area (Å²) in [5.74, 6) is -0.00391. The lowest BCUT2D eigenvalue weighted by molar-refractivity contribution is 0.0867. The van der Waals surface area contributed by atoms with Gasteiger partial charge in [0.2, 0.25) is 0 Å². The highest BCUT2D eigenvalue weighted by Gasteiger charge is 2.21. The molecule has 1 fully saturated rings. The maximum absolute atomic E-state index is 12.3. The molecule has 0 heterocycles. The quantitative estimate of drug-likeness (QED) is 0.849. The van der Waals surface area contributed by atoms with E-state index in [2.05, 4.69) is 24.1 Å². The second-order valence-corrected chi connectivity index (χ2v) is 6.14. The number of carbonyl (C=O) groups excluding carboxylic acids is 1. The minimum absolute atomic E-state index is 0.00391. The van der Waals surface area contributed by atoms with Crippen LogP contribution in [0.1, 0.15) is 55.5 Å². The summed E-state index contributed by atoms with van der Waals surface area (Å²) in [6.07, 6.45) is 3.12. The number of rotatable bonds is 6. The molecule has 0 atom stereocenters. The summed E-state index contributed by atoms with van der Waals surface area (Å²) in [5.41, 5.74) is 1.95. The van der Waals surface area contributed by atoms with Crippen molar-refractivity contribution in [2.45, 2.75) is 58.2 Å². The Morgan fingerprint density at radius 3 is 2.27 bits per heavy atom. The largest absolute Gasteiger partial charge is 0.393 e. The van der Waals surface area contributed by atoms with Crippen molar-refractivity contribution in [3.8, 4) is 0 Å². The molecule has 0 aromatic heterocycles. The van der Waals surface area contributed by atoms with E-state index in [1.165, 1.54) is 5.56 Å². The third-order valence-electron chi connectivity index (χ3n) is 4.55. The van der Waals surface area contributed by atoms with Crippen molar-refractivity contribution in [3.05, 3.63) is 35.4 Å². The molecule has 1 aliphatic carbocycles. The lowest BCUT2D eigenvalue weighted by Gasteiger charge is -2.26. The number of hydrogen-bond donors (Lipinski definition) is 2. The normalized spacial score (nSPS) is 21.8. The van der Waals surface area contributed by atoms with Gasteiger partial charge in [-0.1, -0.05) is 26.0 Å². The Balaban J connectivity index is 1.88. The van der Waals surface area contributed by atoms with E-state index in [1.54, 1.807) is 0 Å². The summed E-state index contributed by atoms with van der Waals surface area (Å²) in [6.45, 7) is 7.31. The number of aliphatic hydroxyl groups excluding tert-OH is 1. The number of benzene rings is 1. The van der Waals surface area contributed by atoms with Gasteiger partial charge in [-0.25, -0.2) is 0 Å². The average Bonchev–Trinajstić information content (AvgIpc) is 2.55. The van der Waals surface area contributed by atoms with Crippen LogP contribution in [0, 0.1) is 0 Å². The molecule has 1 amide bonds. The summed E-state index contributed by atoms with van der Waals surface area (Å²) in [5, 5.41) is 12.6. The number of carbonyl (C=O) groups is 1. The average molecular weight is 304 g/mol. The number of nitrogens with one attached hydrogen (secondary N) is 1. The molecule has 0 bridgehead atoms. The molecule has 22 heavy (non-hydrogen) atoms. The van der Waals surface area contributed by atoms with Gasteiger partial charge in [-0.2, -0.15) is 0 Å². The monoisotopic (exact) mass is 304 g/mol. The molecule has 2 rings (SSSR count). The summed E-state index contributed by atoms with van der Waals surface area (Å²) >= 11 is 0. The fourth-order valence-electron chi connectivity index (χ4n) is 2.96. The van der Waals surface area contributed by atoms with E-state index < -0.39 is 0 Å². The zero-order valence-electron chi connectivity index (χ0n) is 13.7. The number of aliphatic hydroxyl groups is 1. The summed E-state index contributed by atoms with van der Waals surface area (Å²) in [6, 6.07) is 8.10. The predicted molar refractivity (Wildman–Crippen MR) is 88.8 cm³/mol. The molecule has 4 heteroatoms. The first-order valence-corrected chi connectivity index (χ1v) is 8.42. The first-order valence-electron chi connectivity index (χ1n) is 8.42. The van der Waals surface area contributed by atoms with Crippen LogP contribution >= 0.6 is 0 Å². The van der Waals surface area contributed by atoms with Crippen molar-refractivity contribution in [3.63, 3.8) is 0 Å². The van der Waals surface area contributed by atoms with E-state index in [4.69, 9.17) is 0 Å². The Morgan fingerprint density at radius 2 is 1.73 bits per heavy atom. The van der Waals surface area contributed by atoms with Crippen molar-refractivity contribution >= 4 is 5.91 Å². The number of hydrogen-bond acceptors (Lipinski definition) is 3. The summed E-state index contributed by atoms with van der Waals surface area (Å²) in [7, 11) is 0. The van der Waals surface area contributed by atoms with E-state index >= 15 is 0 Å². The standard InChI is InChI=1S/C18H28N2O2/c1-3-20(4-2)13-14-5-7-15(8-6-14)18(22)19-16-9-11-17(21)12-10-16/h5-8,16-17,21H,3-4,9-13H2,1-2H3,(H,19,22). The van der Waals surface area contributed by atoms with Crippen molar-refractivity contribution < 1.29 is 9.90 Å². The highest BCUT2D eigenvalue weighted by Crippen LogP contribution is 2.18. The molecule has 0 aliphatic heterocycles. The summed E-state index contributed by atoms with van der Waals surface area (Å²) < 4.78 is 0. The van der Waals surface area contributed by atoms with E-state index in [9.17, 15) is 9.90 Å². The summed E-state index contributed by atoms with van der Waals surface area (Å²) in [4.78, 5) is 14.6. The maximum Gasteiger partial charge on any atom is 0.251 e. The van der Waals surface area contributed by atoms with Gasteiger partial charge in [0, 0.05) is 18.2 Å². The zero-order valence-corrected chi connectivity index (χ0v) is 13.7. The Labute approximate surface area is 133 Å². The van der Waals surface area contributed by atoms with Gasteiger partial charge in [0.25, 0.3) is 5.91 Å². The molecule has 0 spiro atoms. The van der Waals surface area contributed by atoms with Gasteiger partial charge in [0.15, 0.2) is 0 Å². The van der Waals surface area contributed by atoms with E-state index in [0.29, 0.717) is 0 Å². The Kier molecular flexibility index (Phi) is 6.40. The van der Waals surface area contributed by atoms with Gasteiger partial charge in [-0.3, -0.25) is 9.69 Å². The second-order valence-electron chi connectivity index (χ2n) is 6.14. The van der Waals surface area contributed by atoms with E-state index in [1.807, 2.05) is 24.3 Å². The molecule has 1 aliphatic rings. The van der Waals surface area contributed by atoms with Crippen LogP contribution in [0.3, 0.4) is 0 Å². The number of amides is 1. The number of nitrogens with zero attached hydrogens (tertiary/aromatic N) is 1. The lowest BCUT2D eigenvalue weighted by atomic mass is 9.93. The molecule has 2 N–H and O–H groups in total. The molecule has 1 saturated carbocycles. The minimum Gasteiger partial charge on any atom is -0.393 e. The van der Waals surface area contributed by atoms with E-state index in [-0.39, 0.29) is 18.1 Å². The molecule has 1 aromatic rings. The van der Waals surface area contributed by atoms with Crippen molar-refractivity contribution in [2.75, 3.05) is 13.1 Å². The molecule has 0 saturated heterocycles. The predicted octanol–water partition coefficient (Wildman–Crippen LogP) is 2.56. The SMILES string of the molecule is CCN(CC)Cc1ccc(C(=O)NC2CCC(O)CC2)cc1. The first kappa shape index (κ1) is 17.0. The Bertz CT molecular complexity index is 460. The fraction of sp³-hybridized carbons (Fsp3) is 0.611. The highest BCUT2D eigenvalue weighted by atomic mass is 16.3. The smallest absolute Gasteiger partial charge is 0.251 e. The molecule has 0 unspecified atom stereocenters. The van der Waals surface area contributed by atoms with Crippen LogP contribution in [-0.4, -0.2) is 41.1 Å². The topological polar surface area (TPSA) is 52.6 Å². The van der Waals surface area contributed by atoms with Crippen LogP contribution in [0.4, 0.5) is 0 Å². The molecule has 122 valence electrons. The lowest BCUT2D eigenvalue weighted by Crippen LogP contribution is -2.38. The first-order chi connectivity index (χ1) is 10.6. The highest BCUT2D eigenvalue weighted by molar-refractivity contribution is 5.94. The van der Waals surface area contributed by atoms with Crippen LogP contribution in [-0.2, 0) is 6.54 Å². The molecule has 0 radical (unpaired) electrons. The zero-order chi connectivity index (χ0) is 15.9. The van der Waals surface area contributed by atoms with Gasteiger partial charge in [0.05, 0.1) is 6.10 Å². The van der Waals surface area contributed by atoms with Crippen molar-refractivity contribution in [1.29, 1.82) is 0 Å². The van der Waals surface area contributed by atoms with E-state index in [0.717, 1.165) is 50.9 Å². The molecule has 4 nitrogen and oxygen atoms in total. The van der Waals surface area contributed by atoms with Gasteiger partial charge in [0.1, 0.15) is 0 Å². The molecule has 1 aromatic carbocycles. The van der Waals surface area contributed by atoms with Gasteiger partial charge >= 0.3 is 0 Å². The van der Waals surface area contributed by atoms with Gasteiger partial charge < -0.3 is 10.4 Å². The second kappa shape index (κ2) is 8.30. The Morgan fingerprint density at radius 1 is 1.14 bits per heavy atom. The third-order valence-corrected chi connectivity index (χ3v) is 4.55. The fourth-order valence-corrected chi connectivity index (χ4v) is 2.96. The Hall–Kier alpha value is -1.39. The van der Waals surface area contributed by atoms with Crippen LogP contribution in [0.5, 0.6) is 0 Å². The maximum atomic E-state index is 12.3. The minimum atomic E-state index is -0.187. The van der Waals surface area contributed by atoms with Gasteiger partial charge in [-0.05, 0) is 56.5 Å². The van der Waals surface area contributed by atoms with Crippen molar-refractivity contribution in [1.82, 2.24) is 10.2 Å². The molecular weight excluding hydrogens is 276 g/mol. The van der Waals surface area contributed by atoms with Gasteiger partial charge in [-0.15, -0.1) is 0 Å². The van der Waals surface area contributed by atoms with Crippen LogP contribution in [0.25, 0.3) is 0 Å². The van der Waals surface area contributed by atoms with Crippen LogP contribution in [0.2, 0.25) is 0 Å². The molecular formula is C18H28N2O2. The van der Waals surface area contributed by atoms with Crippen LogP contribution in [0.15, 0.2) is 24.3 Å². The van der Waals surface area contributed by atoms with Crippen LogP contribution < -0.4 is 5.32 Å².